The van der Waals surface area contributed by atoms with Crippen molar-refractivity contribution in [2.75, 3.05) is 6.54 Å². The van der Waals surface area contributed by atoms with E-state index in [4.69, 9.17) is 0 Å². The highest BCUT2D eigenvalue weighted by Crippen LogP contribution is 2.24. The van der Waals surface area contributed by atoms with E-state index in [0.29, 0.717) is 12.1 Å². The van der Waals surface area contributed by atoms with Gasteiger partial charge in [-0.25, -0.2) is 4.68 Å². The summed E-state index contributed by atoms with van der Waals surface area (Å²) >= 11 is 0. The molecule has 29 heavy (non-hydrogen) atoms. The first-order chi connectivity index (χ1) is 13.8. The molecule has 2 aromatic carbocycles. The van der Waals surface area contributed by atoms with Gasteiger partial charge in [-0.1, -0.05) is 47.7 Å². The van der Waals surface area contributed by atoms with Crippen LogP contribution in [-0.2, 0) is 6.54 Å². The summed E-state index contributed by atoms with van der Waals surface area (Å²) in [6.45, 7) is 0.305. The van der Waals surface area contributed by atoms with Crippen molar-refractivity contribution < 1.29 is 27.8 Å². The number of hydrogen-bond donors (Lipinski definition) is 2. The number of carbonyl (C=O) groups is 1. The molecule has 7 nitrogen and oxygen atoms in total. The van der Waals surface area contributed by atoms with E-state index < -0.39 is 24.1 Å². The lowest BCUT2D eigenvalue weighted by atomic mass is 10.1. The Morgan fingerprint density at radius 3 is 2.48 bits per heavy atom. The first kappa shape index (κ1) is 20.3. The molecule has 0 bridgehead atoms. The Labute approximate surface area is 163 Å². The van der Waals surface area contributed by atoms with Crippen LogP contribution in [0.5, 0.6) is 5.75 Å². The van der Waals surface area contributed by atoms with E-state index in [1.807, 2.05) is 30.3 Å². The van der Waals surface area contributed by atoms with Crippen molar-refractivity contribution in [1.29, 1.82) is 0 Å². The number of carbonyl (C=O) groups excluding carboxylic acids is 1. The SMILES string of the molecule is O=C(NCC(O)c1ccc(OC(F)(F)F)cc1)c1cn(Cc2ccccc2)nn1. The van der Waals surface area contributed by atoms with Gasteiger partial charge in [-0.15, -0.1) is 18.3 Å². The Balaban J connectivity index is 1.52. The molecule has 3 rings (SSSR count). The van der Waals surface area contributed by atoms with Crippen molar-refractivity contribution in [2.24, 2.45) is 0 Å². The molecular weight excluding hydrogens is 389 g/mol. The topological polar surface area (TPSA) is 89.3 Å². The number of aromatic nitrogens is 3. The third kappa shape index (κ3) is 6.04. The number of halogens is 3. The molecule has 0 spiro atoms. The van der Waals surface area contributed by atoms with Gasteiger partial charge >= 0.3 is 6.36 Å². The molecule has 0 aliphatic heterocycles. The highest BCUT2D eigenvalue weighted by atomic mass is 19.4. The lowest BCUT2D eigenvalue weighted by Gasteiger charge is -2.13. The summed E-state index contributed by atoms with van der Waals surface area (Å²) in [4.78, 5) is 12.2. The third-order valence-corrected chi connectivity index (χ3v) is 3.91. The van der Waals surface area contributed by atoms with Gasteiger partial charge in [0, 0.05) is 6.54 Å². The zero-order valence-electron chi connectivity index (χ0n) is 15.0. The summed E-state index contributed by atoms with van der Waals surface area (Å²) in [5.41, 5.74) is 1.41. The standard InChI is InChI=1S/C19H17F3N4O3/c20-19(21,22)29-15-8-6-14(7-9-15)17(27)10-23-18(28)16-12-26(25-24-16)11-13-4-2-1-3-5-13/h1-9,12,17,27H,10-11H2,(H,23,28). The van der Waals surface area contributed by atoms with Crippen LogP contribution in [0.25, 0.3) is 0 Å². The minimum Gasteiger partial charge on any atom is -0.406 e. The van der Waals surface area contributed by atoms with E-state index in [-0.39, 0.29) is 12.2 Å². The summed E-state index contributed by atoms with van der Waals surface area (Å²) in [7, 11) is 0. The minimum absolute atomic E-state index is 0.0852. The largest absolute Gasteiger partial charge is 0.573 e. The highest BCUT2D eigenvalue weighted by molar-refractivity contribution is 5.91. The molecular formula is C19H17F3N4O3. The number of alkyl halides is 3. The van der Waals surface area contributed by atoms with Crippen LogP contribution in [0.15, 0.2) is 60.8 Å². The van der Waals surface area contributed by atoms with E-state index in [9.17, 15) is 23.1 Å². The van der Waals surface area contributed by atoms with Gasteiger partial charge in [0.15, 0.2) is 5.69 Å². The van der Waals surface area contributed by atoms with E-state index in [1.165, 1.54) is 23.0 Å². The Morgan fingerprint density at radius 1 is 1.14 bits per heavy atom. The summed E-state index contributed by atoms with van der Waals surface area (Å²) < 4.78 is 41.8. The lowest BCUT2D eigenvalue weighted by molar-refractivity contribution is -0.274. The zero-order chi connectivity index (χ0) is 20.9. The van der Waals surface area contributed by atoms with Gasteiger partial charge in [-0.3, -0.25) is 4.79 Å². The van der Waals surface area contributed by atoms with Crippen molar-refractivity contribution >= 4 is 5.91 Å². The molecule has 1 heterocycles. The normalized spacial score (nSPS) is 12.4. The Hall–Kier alpha value is -3.40. The number of nitrogens with zero attached hydrogens (tertiary/aromatic N) is 3. The number of hydrogen-bond acceptors (Lipinski definition) is 5. The molecule has 0 saturated heterocycles. The van der Waals surface area contributed by atoms with Gasteiger partial charge in [0.1, 0.15) is 5.75 Å². The monoisotopic (exact) mass is 406 g/mol. The second-order valence-corrected chi connectivity index (χ2v) is 6.13. The molecule has 10 heteroatoms. The summed E-state index contributed by atoms with van der Waals surface area (Å²) in [5.74, 6) is -0.923. The summed E-state index contributed by atoms with van der Waals surface area (Å²) in [6, 6.07) is 14.3. The number of amides is 1. The number of aliphatic hydroxyl groups is 1. The maximum atomic E-state index is 12.2. The molecule has 1 unspecified atom stereocenters. The Kier molecular flexibility index (Phi) is 6.13. The van der Waals surface area contributed by atoms with Gasteiger partial charge in [0.2, 0.25) is 0 Å². The van der Waals surface area contributed by atoms with Crippen molar-refractivity contribution in [2.45, 2.75) is 19.0 Å². The van der Waals surface area contributed by atoms with Crippen LogP contribution in [0.3, 0.4) is 0 Å². The van der Waals surface area contributed by atoms with Crippen molar-refractivity contribution in [3.8, 4) is 5.75 Å². The molecule has 152 valence electrons. The van der Waals surface area contributed by atoms with Crippen molar-refractivity contribution in [1.82, 2.24) is 20.3 Å². The van der Waals surface area contributed by atoms with Crippen LogP contribution >= 0.6 is 0 Å². The van der Waals surface area contributed by atoms with E-state index >= 15 is 0 Å². The van der Waals surface area contributed by atoms with Crippen LogP contribution in [0.2, 0.25) is 0 Å². The predicted octanol–water partition coefficient (Wildman–Crippen LogP) is 2.69. The predicted molar refractivity (Wildman–Crippen MR) is 96.0 cm³/mol. The van der Waals surface area contributed by atoms with Crippen LogP contribution in [0, 0.1) is 0 Å². The number of benzene rings is 2. The molecule has 3 aromatic rings. The minimum atomic E-state index is -4.79. The highest BCUT2D eigenvalue weighted by Gasteiger charge is 2.31. The van der Waals surface area contributed by atoms with Gasteiger partial charge < -0.3 is 15.2 Å². The smallest absolute Gasteiger partial charge is 0.406 e. The maximum Gasteiger partial charge on any atom is 0.573 e. The quantitative estimate of drug-likeness (QED) is 0.630. The molecule has 0 aliphatic rings. The van der Waals surface area contributed by atoms with Crippen molar-refractivity contribution in [3.05, 3.63) is 77.6 Å². The molecule has 0 radical (unpaired) electrons. The van der Waals surface area contributed by atoms with Crippen LogP contribution in [0.1, 0.15) is 27.7 Å². The van der Waals surface area contributed by atoms with E-state index in [0.717, 1.165) is 17.7 Å². The number of rotatable bonds is 7. The van der Waals surface area contributed by atoms with Gasteiger partial charge in [0.25, 0.3) is 5.91 Å². The second kappa shape index (κ2) is 8.74. The van der Waals surface area contributed by atoms with Crippen LogP contribution < -0.4 is 10.1 Å². The van der Waals surface area contributed by atoms with Crippen molar-refractivity contribution in [3.63, 3.8) is 0 Å². The van der Waals surface area contributed by atoms with Crippen LogP contribution in [-0.4, -0.2) is 38.9 Å². The van der Waals surface area contributed by atoms with Gasteiger partial charge in [-0.05, 0) is 23.3 Å². The summed E-state index contributed by atoms with van der Waals surface area (Å²) in [6.07, 6.45) is -4.41. The number of ether oxygens (including phenoxy) is 1. The fourth-order valence-corrected chi connectivity index (χ4v) is 2.54. The van der Waals surface area contributed by atoms with E-state index in [1.54, 1.807) is 0 Å². The molecule has 2 N–H and O–H groups in total. The first-order valence-corrected chi connectivity index (χ1v) is 8.56. The third-order valence-electron chi connectivity index (χ3n) is 3.91. The number of aliphatic hydroxyl groups excluding tert-OH is 1. The lowest BCUT2D eigenvalue weighted by Crippen LogP contribution is -2.28. The van der Waals surface area contributed by atoms with Gasteiger partial charge in [-0.2, -0.15) is 0 Å². The zero-order valence-corrected chi connectivity index (χ0v) is 15.0. The molecule has 1 aromatic heterocycles. The van der Waals surface area contributed by atoms with E-state index in [2.05, 4.69) is 20.4 Å². The average Bonchev–Trinajstić information content (AvgIpc) is 3.14. The Morgan fingerprint density at radius 2 is 1.83 bits per heavy atom. The molecule has 0 fully saturated rings. The first-order valence-electron chi connectivity index (χ1n) is 8.56. The molecule has 1 amide bonds. The van der Waals surface area contributed by atoms with Crippen LogP contribution in [0.4, 0.5) is 13.2 Å². The molecule has 0 aliphatic carbocycles. The number of nitrogens with one attached hydrogen (secondary N) is 1. The summed E-state index contributed by atoms with van der Waals surface area (Å²) in [5, 5.41) is 20.3. The van der Waals surface area contributed by atoms with Gasteiger partial charge in [0.05, 0.1) is 18.8 Å². The fourth-order valence-electron chi connectivity index (χ4n) is 2.54. The second-order valence-electron chi connectivity index (χ2n) is 6.13. The maximum absolute atomic E-state index is 12.2. The fraction of sp³-hybridized carbons (Fsp3) is 0.211. The molecule has 1 atom stereocenters. The Bertz CT molecular complexity index is 943. The average molecular weight is 406 g/mol. The molecule has 0 saturated carbocycles.